The SMILES string of the molecule is FC1(F)CCN[C@@H](c2ccc(S(F)(F)(F)(F)F)cc2)C1. The molecule has 0 amide bonds. The molecule has 0 bridgehead atoms. The van der Waals surface area contributed by atoms with E-state index in [1.54, 1.807) is 0 Å². The van der Waals surface area contributed by atoms with Gasteiger partial charge in [-0.15, -0.1) is 0 Å². The van der Waals surface area contributed by atoms with E-state index < -0.39 is 33.5 Å². The van der Waals surface area contributed by atoms with Crippen LogP contribution in [0.25, 0.3) is 0 Å². The first kappa shape index (κ1) is 15.4. The fraction of sp³-hybridized carbons (Fsp3) is 0.455. The number of rotatable bonds is 2. The van der Waals surface area contributed by atoms with Crippen molar-refractivity contribution >= 4 is 10.2 Å². The molecule has 1 fully saturated rings. The molecule has 1 nitrogen and oxygen atoms in total. The van der Waals surface area contributed by atoms with Crippen molar-refractivity contribution in [3.8, 4) is 0 Å². The van der Waals surface area contributed by atoms with Gasteiger partial charge in [-0.3, -0.25) is 0 Å². The van der Waals surface area contributed by atoms with Gasteiger partial charge in [0.25, 0.3) is 5.92 Å². The van der Waals surface area contributed by atoms with E-state index in [0.29, 0.717) is 0 Å². The fourth-order valence-electron chi connectivity index (χ4n) is 2.10. The van der Waals surface area contributed by atoms with Crippen LogP contribution in [0.5, 0.6) is 0 Å². The zero-order valence-electron chi connectivity index (χ0n) is 10.1. The van der Waals surface area contributed by atoms with Gasteiger partial charge in [0.2, 0.25) is 0 Å². The topological polar surface area (TPSA) is 12.0 Å². The zero-order chi connectivity index (χ0) is 15.3. The molecule has 1 aliphatic heterocycles. The normalized spacial score (nSPS) is 26.6. The minimum atomic E-state index is -9.71. The second-order valence-electron chi connectivity index (χ2n) is 4.85. The lowest BCUT2D eigenvalue weighted by Gasteiger charge is -2.40. The van der Waals surface area contributed by atoms with Crippen LogP contribution in [0, 0.1) is 0 Å². The highest BCUT2D eigenvalue weighted by atomic mass is 32.5. The van der Waals surface area contributed by atoms with Crippen LogP contribution < -0.4 is 5.32 Å². The largest absolute Gasteiger partial charge is 0.310 e. The van der Waals surface area contributed by atoms with Gasteiger partial charge in [-0.25, -0.2) is 8.78 Å². The molecule has 1 atom stereocenters. The Kier molecular flexibility index (Phi) is 2.95. The van der Waals surface area contributed by atoms with Crippen molar-refractivity contribution in [2.45, 2.75) is 29.7 Å². The first-order valence-electron chi connectivity index (χ1n) is 5.72. The molecule has 0 aromatic heterocycles. The van der Waals surface area contributed by atoms with Gasteiger partial charge in [0.15, 0.2) is 0 Å². The van der Waals surface area contributed by atoms with Gasteiger partial charge in [0, 0.05) is 25.4 Å². The first-order valence-corrected chi connectivity index (χ1v) is 7.67. The summed E-state index contributed by atoms with van der Waals surface area (Å²) in [6.45, 7) is 0.0149. The molecule has 116 valence electrons. The summed E-state index contributed by atoms with van der Waals surface area (Å²) in [5, 5.41) is 2.73. The number of hydrogen-bond acceptors (Lipinski definition) is 1. The van der Waals surface area contributed by atoms with Gasteiger partial charge in [0.1, 0.15) is 4.90 Å². The number of benzene rings is 1. The molecule has 0 radical (unpaired) electrons. The summed E-state index contributed by atoms with van der Waals surface area (Å²) in [6, 6.07) is 1.27. The Balaban J connectivity index is 2.26. The van der Waals surface area contributed by atoms with E-state index in [4.69, 9.17) is 0 Å². The summed E-state index contributed by atoms with van der Waals surface area (Å²) in [5.41, 5.74) is 0.134. The molecule has 0 spiro atoms. The third kappa shape index (κ3) is 3.57. The Labute approximate surface area is 110 Å². The molecule has 1 aromatic carbocycles. The molecular formula is C11H12F7NS. The molecule has 9 heteroatoms. The number of halogens is 7. The molecule has 0 unspecified atom stereocenters. The maximum absolute atomic E-state index is 13.2. The van der Waals surface area contributed by atoms with Crippen LogP contribution in [0.3, 0.4) is 0 Å². The maximum atomic E-state index is 13.2. The zero-order valence-corrected chi connectivity index (χ0v) is 10.9. The van der Waals surface area contributed by atoms with E-state index in [1.165, 1.54) is 0 Å². The van der Waals surface area contributed by atoms with Gasteiger partial charge < -0.3 is 5.32 Å². The molecule has 1 aromatic rings. The van der Waals surface area contributed by atoms with E-state index >= 15 is 0 Å². The van der Waals surface area contributed by atoms with Crippen molar-refractivity contribution in [2.75, 3.05) is 6.54 Å². The summed E-state index contributed by atoms with van der Waals surface area (Å²) in [4.78, 5) is -2.02. The Morgan fingerprint density at radius 1 is 1.00 bits per heavy atom. The Morgan fingerprint density at radius 3 is 2.00 bits per heavy atom. The van der Waals surface area contributed by atoms with E-state index in [0.717, 1.165) is 12.1 Å². The van der Waals surface area contributed by atoms with Gasteiger partial charge in [-0.1, -0.05) is 31.6 Å². The molecule has 2 rings (SSSR count). The number of nitrogens with one attached hydrogen (secondary N) is 1. The minimum Gasteiger partial charge on any atom is -0.310 e. The lowest BCUT2D eigenvalue weighted by atomic mass is 9.95. The summed E-state index contributed by atoms with van der Waals surface area (Å²) in [7, 11) is -9.71. The minimum absolute atomic E-state index is 0.0149. The maximum Gasteiger partial charge on any atom is 0.310 e. The van der Waals surface area contributed by atoms with Crippen LogP contribution in [0.1, 0.15) is 24.4 Å². The number of piperidine rings is 1. The van der Waals surface area contributed by atoms with Crippen molar-refractivity contribution in [1.82, 2.24) is 5.32 Å². The fourth-order valence-corrected chi connectivity index (χ4v) is 2.75. The Hall–Kier alpha value is -0.960. The van der Waals surface area contributed by atoms with Crippen molar-refractivity contribution < 1.29 is 28.2 Å². The lowest BCUT2D eigenvalue weighted by Crippen LogP contribution is -2.38. The predicted octanol–water partition coefficient (Wildman–Crippen LogP) is 5.40. The highest BCUT2D eigenvalue weighted by Crippen LogP contribution is 3.02. The third-order valence-electron chi connectivity index (χ3n) is 3.11. The van der Waals surface area contributed by atoms with Crippen LogP contribution in [-0.4, -0.2) is 12.5 Å². The summed E-state index contributed by atoms with van der Waals surface area (Å²) >= 11 is 0. The van der Waals surface area contributed by atoms with Crippen LogP contribution >= 0.6 is 10.2 Å². The average molecular weight is 323 g/mol. The molecular weight excluding hydrogens is 311 g/mol. The van der Waals surface area contributed by atoms with Crippen molar-refractivity contribution in [3.63, 3.8) is 0 Å². The summed E-state index contributed by atoms with van der Waals surface area (Å²) in [5.74, 6) is -2.91. The molecule has 20 heavy (non-hydrogen) atoms. The Morgan fingerprint density at radius 2 is 1.55 bits per heavy atom. The van der Waals surface area contributed by atoms with E-state index in [1.807, 2.05) is 0 Å². The average Bonchev–Trinajstić information content (AvgIpc) is 2.25. The van der Waals surface area contributed by atoms with Gasteiger partial charge in [-0.05, 0) is 17.7 Å². The van der Waals surface area contributed by atoms with Crippen LogP contribution in [0.15, 0.2) is 29.2 Å². The van der Waals surface area contributed by atoms with Crippen molar-refractivity contribution in [1.29, 1.82) is 0 Å². The molecule has 1 N–H and O–H groups in total. The third-order valence-corrected chi connectivity index (χ3v) is 4.28. The monoisotopic (exact) mass is 323 g/mol. The first-order chi connectivity index (χ1) is 8.77. The van der Waals surface area contributed by atoms with Crippen molar-refractivity contribution in [2.24, 2.45) is 0 Å². The molecule has 1 aliphatic rings. The van der Waals surface area contributed by atoms with Crippen molar-refractivity contribution in [3.05, 3.63) is 29.8 Å². The van der Waals surface area contributed by atoms with E-state index in [2.05, 4.69) is 5.32 Å². The van der Waals surface area contributed by atoms with Crippen LogP contribution in [-0.2, 0) is 0 Å². The highest BCUT2D eigenvalue weighted by Gasteiger charge is 2.65. The number of hydrogen-bond donors (Lipinski definition) is 1. The van der Waals surface area contributed by atoms with Crippen LogP contribution in [0.4, 0.5) is 28.2 Å². The van der Waals surface area contributed by atoms with E-state index in [-0.39, 0.29) is 30.7 Å². The lowest BCUT2D eigenvalue weighted by molar-refractivity contribution is -0.0415. The smallest absolute Gasteiger partial charge is 0.310 e. The Bertz CT molecular complexity index is 507. The molecule has 0 aliphatic carbocycles. The highest BCUT2D eigenvalue weighted by molar-refractivity contribution is 8.45. The second-order valence-corrected chi connectivity index (χ2v) is 7.26. The second kappa shape index (κ2) is 3.82. The van der Waals surface area contributed by atoms with Gasteiger partial charge >= 0.3 is 10.2 Å². The molecule has 1 heterocycles. The van der Waals surface area contributed by atoms with Gasteiger partial charge in [0.05, 0.1) is 0 Å². The standard InChI is InChI=1S/C11H12F7NS/c12-11(13)5-6-19-10(7-11)8-1-3-9(4-2-8)20(14,15,16,17)18/h1-4,10,19H,5-7H2/t10-/m1/s1. The van der Waals surface area contributed by atoms with Crippen LogP contribution in [0.2, 0.25) is 0 Å². The number of alkyl halides is 2. The van der Waals surface area contributed by atoms with E-state index in [9.17, 15) is 28.2 Å². The molecule has 0 saturated carbocycles. The van der Waals surface area contributed by atoms with Gasteiger partial charge in [-0.2, -0.15) is 0 Å². The summed E-state index contributed by atoms with van der Waals surface area (Å²) < 4.78 is 88.9. The quantitative estimate of drug-likeness (QED) is 0.718. The summed E-state index contributed by atoms with van der Waals surface area (Å²) in [6.07, 6.45) is -0.921. The predicted molar refractivity (Wildman–Crippen MR) is 62.8 cm³/mol. The molecule has 1 saturated heterocycles.